The molecule has 1 aliphatic heterocycles. The predicted octanol–water partition coefficient (Wildman–Crippen LogP) is 3.15. The average Bonchev–Trinajstić information content (AvgIpc) is 2.59. The fraction of sp³-hybridized carbons (Fsp3) is 0.474. The second-order valence-electron chi connectivity index (χ2n) is 6.39. The Hall–Kier alpha value is -2.10. The quantitative estimate of drug-likeness (QED) is 0.943. The number of nitrogens with zero attached hydrogens (tertiary/aromatic N) is 2. The Balaban J connectivity index is 1.88. The molecule has 1 unspecified atom stereocenters. The lowest BCUT2D eigenvalue weighted by Crippen LogP contribution is -2.40. The van der Waals surface area contributed by atoms with Crippen LogP contribution >= 0.6 is 0 Å². The van der Waals surface area contributed by atoms with E-state index in [9.17, 15) is 4.79 Å². The van der Waals surface area contributed by atoms with Crippen molar-refractivity contribution in [1.29, 1.82) is 0 Å². The van der Waals surface area contributed by atoms with Gasteiger partial charge in [0.2, 0.25) is 5.91 Å². The van der Waals surface area contributed by atoms with Crippen molar-refractivity contribution in [2.45, 2.75) is 33.1 Å². The molecule has 1 aliphatic rings. The van der Waals surface area contributed by atoms with Crippen molar-refractivity contribution in [3.63, 3.8) is 0 Å². The highest BCUT2D eigenvalue weighted by Gasteiger charge is 2.22. The molecular weight excluding hydrogens is 286 g/mol. The minimum Gasteiger partial charge on any atom is -0.371 e. The first-order valence-corrected chi connectivity index (χ1v) is 8.55. The molecule has 0 radical (unpaired) electrons. The Morgan fingerprint density at radius 2 is 2.22 bits per heavy atom. The third-order valence-electron chi connectivity index (χ3n) is 4.61. The molecule has 1 aromatic heterocycles. The zero-order chi connectivity index (χ0) is 16.2. The monoisotopic (exact) mass is 311 g/mol. The number of nitrogens with one attached hydrogen (secondary N) is 1. The number of carbonyl (C=O) groups excluding carboxylic acids is 1. The van der Waals surface area contributed by atoms with Gasteiger partial charge in [-0.1, -0.05) is 25.1 Å². The maximum absolute atomic E-state index is 11.2. The fourth-order valence-corrected chi connectivity index (χ4v) is 3.39. The lowest BCUT2D eigenvalue weighted by Gasteiger charge is -2.35. The number of fused-ring (bicyclic) bond motifs is 1. The normalized spacial score (nSPS) is 18.2. The highest BCUT2D eigenvalue weighted by atomic mass is 16.1. The summed E-state index contributed by atoms with van der Waals surface area (Å²) in [6.07, 6.45) is 3.30. The largest absolute Gasteiger partial charge is 0.371 e. The van der Waals surface area contributed by atoms with Crippen LogP contribution in [0.3, 0.4) is 0 Å². The van der Waals surface area contributed by atoms with Gasteiger partial charge in [0, 0.05) is 43.3 Å². The van der Waals surface area contributed by atoms with Gasteiger partial charge >= 0.3 is 0 Å². The van der Waals surface area contributed by atoms with Crippen molar-refractivity contribution in [3.05, 3.63) is 36.0 Å². The SMILES string of the molecule is CCc1cc(N2CCCC(CNC(C)=O)C2)c2ccccc2n1. The molecule has 0 aliphatic carbocycles. The number of hydrogen-bond acceptors (Lipinski definition) is 3. The lowest BCUT2D eigenvalue weighted by molar-refractivity contribution is -0.119. The topological polar surface area (TPSA) is 45.2 Å². The van der Waals surface area contributed by atoms with Crippen LogP contribution in [-0.2, 0) is 11.2 Å². The summed E-state index contributed by atoms with van der Waals surface area (Å²) >= 11 is 0. The molecular formula is C19H25N3O. The van der Waals surface area contributed by atoms with E-state index in [1.807, 2.05) is 6.07 Å². The number of aromatic nitrogens is 1. The first-order valence-electron chi connectivity index (χ1n) is 8.55. The zero-order valence-electron chi connectivity index (χ0n) is 14.0. The van der Waals surface area contributed by atoms with Crippen molar-refractivity contribution < 1.29 is 4.79 Å². The number of carbonyl (C=O) groups is 1. The van der Waals surface area contributed by atoms with E-state index >= 15 is 0 Å². The van der Waals surface area contributed by atoms with Gasteiger partial charge in [-0.15, -0.1) is 0 Å². The van der Waals surface area contributed by atoms with E-state index < -0.39 is 0 Å². The Morgan fingerprint density at radius 3 is 3.00 bits per heavy atom. The summed E-state index contributed by atoms with van der Waals surface area (Å²) < 4.78 is 0. The Labute approximate surface area is 137 Å². The smallest absolute Gasteiger partial charge is 0.216 e. The van der Waals surface area contributed by atoms with Gasteiger partial charge in [0.1, 0.15) is 0 Å². The summed E-state index contributed by atoms with van der Waals surface area (Å²) in [6, 6.07) is 10.6. The van der Waals surface area contributed by atoms with E-state index in [0.717, 1.165) is 37.3 Å². The summed E-state index contributed by atoms with van der Waals surface area (Å²) in [5, 5.41) is 4.20. The van der Waals surface area contributed by atoms with Crippen LogP contribution in [0.25, 0.3) is 10.9 Å². The average molecular weight is 311 g/mol. The van der Waals surface area contributed by atoms with Gasteiger partial charge in [-0.3, -0.25) is 9.78 Å². The molecule has 4 nitrogen and oxygen atoms in total. The summed E-state index contributed by atoms with van der Waals surface area (Å²) in [5.74, 6) is 0.578. The van der Waals surface area contributed by atoms with Crippen LogP contribution in [-0.4, -0.2) is 30.5 Å². The molecule has 2 aromatic rings. The molecule has 0 bridgehead atoms. The minimum absolute atomic E-state index is 0.0600. The third-order valence-corrected chi connectivity index (χ3v) is 4.61. The number of hydrogen-bond donors (Lipinski definition) is 1. The van der Waals surface area contributed by atoms with Gasteiger partial charge in [0.25, 0.3) is 0 Å². The van der Waals surface area contributed by atoms with Gasteiger partial charge in [-0.25, -0.2) is 0 Å². The van der Waals surface area contributed by atoms with Crippen LogP contribution in [0.2, 0.25) is 0 Å². The first kappa shape index (κ1) is 15.8. The first-order chi connectivity index (χ1) is 11.2. The molecule has 0 spiro atoms. The molecule has 4 heteroatoms. The Kier molecular flexibility index (Phi) is 4.79. The van der Waals surface area contributed by atoms with E-state index in [2.05, 4.69) is 41.4 Å². The van der Waals surface area contributed by atoms with Gasteiger partial charge in [-0.05, 0) is 37.3 Å². The van der Waals surface area contributed by atoms with Crippen LogP contribution in [0, 0.1) is 5.92 Å². The lowest BCUT2D eigenvalue weighted by atomic mass is 9.96. The molecule has 122 valence electrons. The van der Waals surface area contributed by atoms with Crippen LogP contribution in [0.5, 0.6) is 0 Å². The van der Waals surface area contributed by atoms with E-state index in [0.29, 0.717) is 5.92 Å². The van der Waals surface area contributed by atoms with Crippen molar-refractivity contribution in [1.82, 2.24) is 10.3 Å². The second kappa shape index (κ2) is 6.99. The third kappa shape index (κ3) is 3.63. The standard InChI is InChI=1S/C19H25N3O/c1-3-16-11-19(17-8-4-5-9-18(17)21-16)22-10-6-7-15(13-22)12-20-14(2)23/h4-5,8-9,11,15H,3,6-7,10,12-13H2,1-2H3,(H,20,23). The van der Waals surface area contributed by atoms with Crippen molar-refractivity contribution in [2.75, 3.05) is 24.5 Å². The number of anilines is 1. The highest BCUT2D eigenvalue weighted by molar-refractivity contribution is 5.92. The van der Waals surface area contributed by atoms with E-state index in [-0.39, 0.29) is 5.91 Å². The minimum atomic E-state index is 0.0600. The van der Waals surface area contributed by atoms with E-state index in [1.54, 1.807) is 6.92 Å². The van der Waals surface area contributed by atoms with Crippen molar-refractivity contribution in [2.24, 2.45) is 5.92 Å². The molecule has 2 heterocycles. The number of pyridine rings is 1. The molecule has 1 aromatic carbocycles. The van der Waals surface area contributed by atoms with Crippen LogP contribution < -0.4 is 10.2 Å². The Morgan fingerprint density at radius 1 is 1.39 bits per heavy atom. The fourth-order valence-electron chi connectivity index (χ4n) is 3.39. The van der Waals surface area contributed by atoms with Gasteiger partial charge in [-0.2, -0.15) is 0 Å². The highest BCUT2D eigenvalue weighted by Crippen LogP contribution is 2.30. The van der Waals surface area contributed by atoms with Gasteiger partial charge in [0.05, 0.1) is 5.52 Å². The number of aryl methyl sites for hydroxylation is 1. The van der Waals surface area contributed by atoms with E-state index in [1.165, 1.54) is 23.9 Å². The van der Waals surface area contributed by atoms with Crippen LogP contribution in [0.15, 0.2) is 30.3 Å². The zero-order valence-corrected chi connectivity index (χ0v) is 14.0. The molecule has 1 saturated heterocycles. The van der Waals surface area contributed by atoms with Crippen molar-refractivity contribution in [3.8, 4) is 0 Å². The molecule has 1 atom stereocenters. The number of para-hydroxylation sites is 1. The molecule has 1 amide bonds. The molecule has 23 heavy (non-hydrogen) atoms. The maximum Gasteiger partial charge on any atom is 0.216 e. The second-order valence-corrected chi connectivity index (χ2v) is 6.39. The molecule has 1 N–H and O–H groups in total. The molecule has 0 saturated carbocycles. The number of amides is 1. The Bertz CT molecular complexity index is 698. The summed E-state index contributed by atoms with van der Waals surface area (Å²) in [5.41, 5.74) is 3.51. The summed E-state index contributed by atoms with van der Waals surface area (Å²) in [4.78, 5) is 18.4. The molecule has 1 fully saturated rings. The number of piperidine rings is 1. The number of benzene rings is 1. The number of rotatable bonds is 4. The van der Waals surface area contributed by atoms with Gasteiger partial charge < -0.3 is 10.2 Å². The summed E-state index contributed by atoms with van der Waals surface area (Å²) in [7, 11) is 0. The van der Waals surface area contributed by atoms with Crippen LogP contribution in [0.1, 0.15) is 32.4 Å². The summed E-state index contributed by atoms with van der Waals surface area (Å²) in [6.45, 7) is 6.59. The van der Waals surface area contributed by atoms with E-state index in [4.69, 9.17) is 4.98 Å². The van der Waals surface area contributed by atoms with Crippen molar-refractivity contribution >= 4 is 22.5 Å². The van der Waals surface area contributed by atoms with Gasteiger partial charge in [0.15, 0.2) is 0 Å². The van der Waals surface area contributed by atoms with Crippen LogP contribution in [0.4, 0.5) is 5.69 Å². The molecule has 3 rings (SSSR count). The predicted molar refractivity (Wildman–Crippen MR) is 94.7 cm³/mol. The maximum atomic E-state index is 11.2.